The lowest BCUT2D eigenvalue weighted by atomic mass is 10.1. The number of piperidine rings is 1. The van der Waals surface area contributed by atoms with Gasteiger partial charge >= 0.3 is 15.5 Å². The van der Waals surface area contributed by atoms with Crippen LogP contribution >= 0.6 is 24.0 Å². The predicted molar refractivity (Wildman–Crippen MR) is 104 cm³/mol. The summed E-state index contributed by atoms with van der Waals surface area (Å²) in [6, 6.07) is -0.0958. The number of halogens is 4. The summed E-state index contributed by atoms with van der Waals surface area (Å²) in [5.74, 6) is 1.16. The largest absolute Gasteiger partial charge is 0.511 e. The van der Waals surface area contributed by atoms with Crippen molar-refractivity contribution in [3.63, 3.8) is 0 Å². The van der Waals surface area contributed by atoms with Gasteiger partial charge in [0, 0.05) is 32.2 Å². The number of alkyl halides is 3. The number of guanidine groups is 1. The number of sulfonamides is 1. The number of hydrogen-bond donors (Lipinski definition) is 2. The zero-order valence-corrected chi connectivity index (χ0v) is 17.9. The third-order valence-corrected chi connectivity index (χ3v) is 5.38. The molecule has 0 atom stereocenters. The zero-order valence-electron chi connectivity index (χ0n) is 14.8. The van der Waals surface area contributed by atoms with E-state index in [1.807, 2.05) is 6.92 Å². The highest BCUT2D eigenvalue weighted by atomic mass is 127. The Kier molecular flexibility index (Phi) is 10.6. The van der Waals surface area contributed by atoms with Crippen molar-refractivity contribution in [2.24, 2.45) is 10.9 Å². The fourth-order valence-corrected chi connectivity index (χ4v) is 3.32. The van der Waals surface area contributed by atoms with Gasteiger partial charge in [-0.1, -0.05) is 13.8 Å². The van der Waals surface area contributed by atoms with E-state index in [4.69, 9.17) is 0 Å². The van der Waals surface area contributed by atoms with Crippen LogP contribution in [0, 0.1) is 5.92 Å². The van der Waals surface area contributed by atoms with E-state index in [1.54, 1.807) is 0 Å². The second-order valence-electron chi connectivity index (χ2n) is 6.21. The van der Waals surface area contributed by atoms with Crippen molar-refractivity contribution in [3.8, 4) is 0 Å². The van der Waals surface area contributed by atoms with Crippen LogP contribution in [0.3, 0.4) is 0 Å². The highest BCUT2D eigenvalue weighted by molar-refractivity contribution is 14.0. The number of rotatable bonds is 6. The van der Waals surface area contributed by atoms with Crippen LogP contribution in [-0.2, 0) is 10.0 Å². The van der Waals surface area contributed by atoms with Gasteiger partial charge in [0.05, 0.1) is 0 Å². The lowest BCUT2D eigenvalue weighted by Crippen LogP contribution is -2.51. The summed E-state index contributed by atoms with van der Waals surface area (Å²) < 4.78 is 61.0. The molecule has 0 aromatic rings. The van der Waals surface area contributed by atoms with Crippen molar-refractivity contribution < 1.29 is 21.6 Å². The Morgan fingerprint density at radius 2 is 1.84 bits per heavy atom. The summed E-state index contributed by atoms with van der Waals surface area (Å²) in [5.41, 5.74) is -5.24. The minimum atomic E-state index is -5.24. The van der Waals surface area contributed by atoms with Crippen LogP contribution in [0.2, 0.25) is 0 Å². The lowest BCUT2D eigenvalue weighted by Gasteiger charge is -2.32. The van der Waals surface area contributed by atoms with Gasteiger partial charge in [-0.25, -0.2) is 8.42 Å². The van der Waals surface area contributed by atoms with Crippen molar-refractivity contribution in [2.45, 2.75) is 51.6 Å². The highest BCUT2D eigenvalue weighted by Gasteiger charge is 2.50. The molecule has 0 aromatic carbocycles. The van der Waals surface area contributed by atoms with E-state index in [-0.39, 0.29) is 43.1 Å². The summed E-state index contributed by atoms with van der Waals surface area (Å²) in [6.45, 7) is 7.18. The van der Waals surface area contributed by atoms with Gasteiger partial charge in [-0.05, 0) is 32.1 Å². The van der Waals surface area contributed by atoms with Gasteiger partial charge in [-0.15, -0.1) is 24.0 Å². The van der Waals surface area contributed by atoms with Gasteiger partial charge < -0.3 is 10.6 Å². The van der Waals surface area contributed by atoms with Crippen LogP contribution in [0.25, 0.3) is 0 Å². The molecule has 0 aliphatic carbocycles. The smallest absolute Gasteiger partial charge is 0.357 e. The molecule has 0 amide bonds. The number of hydrogen-bond acceptors (Lipinski definition) is 3. The molecule has 1 heterocycles. The Bertz CT molecular complexity index is 519. The van der Waals surface area contributed by atoms with E-state index in [2.05, 4.69) is 29.5 Å². The molecule has 0 unspecified atom stereocenters. The summed E-state index contributed by atoms with van der Waals surface area (Å²) in [6.07, 6.45) is 1.56. The molecule has 1 saturated heterocycles. The summed E-state index contributed by atoms with van der Waals surface area (Å²) in [7, 11) is -5.23. The molecule has 0 radical (unpaired) electrons. The molecule has 0 saturated carbocycles. The second kappa shape index (κ2) is 10.8. The molecular formula is C14H28F3IN4O2S. The first-order valence-corrected chi connectivity index (χ1v) is 9.63. The maximum Gasteiger partial charge on any atom is 0.511 e. The Labute approximate surface area is 165 Å². The molecular weight excluding hydrogens is 472 g/mol. The molecule has 25 heavy (non-hydrogen) atoms. The molecule has 0 bridgehead atoms. The van der Waals surface area contributed by atoms with Gasteiger partial charge in [0.15, 0.2) is 5.96 Å². The molecule has 0 spiro atoms. The van der Waals surface area contributed by atoms with Gasteiger partial charge in [0.25, 0.3) is 0 Å². The fraction of sp³-hybridized carbons (Fsp3) is 0.929. The molecule has 1 aliphatic heterocycles. The first kappa shape index (κ1) is 24.7. The van der Waals surface area contributed by atoms with Crippen LogP contribution in [0.15, 0.2) is 4.99 Å². The maximum absolute atomic E-state index is 12.6. The molecule has 0 aromatic heterocycles. The Morgan fingerprint density at radius 3 is 2.28 bits per heavy atom. The zero-order chi connectivity index (χ0) is 18.4. The Hall–Kier alpha value is -0.300. The second-order valence-corrected chi connectivity index (χ2v) is 8.14. The Balaban J connectivity index is 0.00000576. The van der Waals surface area contributed by atoms with Gasteiger partial charge in [0.2, 0.25) is 0 Å². The van der Waals surface area contributed by atoms with E-state index in [9.17, 15) is 21.6 Å². The lowest BCUT2D eigenvalue weighted by molar-refractivity contribution is -0.0494. The van der Waals surface area contributed by atoms with Crippen molar-refractivity contribution in [2.75, 3.05) is 26.2 Å². The third kappa shape index (κ3) is 7.85. The fourth-order valence-electron chi connectivity index (χ4n) is 2.33. The summed E-state index contributed by atoms with van der Waals surface area (Å²) in [5, 5.41) is 6.27. The monoisotopic (exact) mass is 500 g/mol. The van der Waals surface area contributed by atoms with Crippen LogP contribution < -0.4 is 10.6 Å². The van der Waals surface area contributed by atoms with Crippen LogP contribution in [-0.4, -0.2) is 56.4 Å². The van der Waals surface area contributed by atoms with Crippen LogP contribution in [0.4, 0.5) is 13.2 Å². The third-order valence-electron chi connectivity index (χ3n) is 3.75. The minimum Gasteiger partial charge on any atom is -0.357 e. The maximum atomic E-state index is 12.6. The van der Waals surface area contributed by atoms with E-state index in [0.717, 1.165) is 6.42 Å². The van der Waals surface area contributed by atoms with Gasteiger partial charge in [-0.3, -0.25) is 4.99 Å². The minimum absolute atomic E-state index is 0. The van der Waals surface area contributed by atoms with Gasteiger partial charge in [-0.2, -0.15) is 17.5 Å². The van der Waals surface area contributed by atoms with Crippen molar-refractivity contribution >= 4 is 40.0 Å². The topological polar surface area (TPSA) is 73.8 Å². The molecule has 1 fully saturated rings. The normalized spacial score (nSPS) is 18.1. The average molecular weight is 500 g/mol. The van der Waals surface area contributed by atoms with Crippen molar-refractivity contribution in [1.82, 2.24) is 14.9 Å². The number of nitrogens with one attached hydrogen (secondary N) is 2. The first-order chi connectivity index (χ1) is 11.1. The molecule has 2 N–H and O–H groups in total. The van der Waals surface area contributed by atoms with E-state index in [1.165, 1.54) is 0 Å². The van der Waals surface area contributed by atoms with Crippen LogP contribution in [0.5, 0.6) is 0 Å². The molecule has 11 heteroatoms. The standard InChI is InChI=1S/C14H27F3N4O2S.HI/c1-4-18-13(19-8-5-11(2)3)20-12-6-9-21(10-7-12)24(22,23)14(15,16)17;/h11-12H,4-10H2,1-3H3,(H2,18,19,20);1H. The van der Waals surface area contributed by atoms with E-state index >= 15 is 0 Å². The quantitative estimate of drug-likeness (QED) is 0.334. The van der Waals surface area contributed by atoms with Crippen molar-refractivity contribution in [3.05, 3.63) is 0 Å². The van der Waals surface area contributed by atoms with E-state index < -0.39 is 15.5 Å². The molecule has 1 rings (SSSR count). The van der Waals surface area contributed by atoms with Crippen LogP contribution in [0.1, 0.15) is 40.0 Å². The Morgan fingerprint density at radius 1 is 1.28 bits per heavy atom. The van der Waals surface area contributed by atoms with Gasteiger partial charge in [0.1, 0.15) is 0 Å². The SMILES string of the molecule is CCNC(=NCCC(C)C)NC1CCN(S(=O)(=O)C(F)(F)F)CC1.I. The summed E-state index contributed by atoms with van der Waals surface area (Å²) in [4.78, 5) is 4.44. The highest BCUT2D eigenvalue weighted by Crippen LogP contribution is 2.28. The van der Waals surface area contributed by atoms with E-state index in [0.29, 0.717) is 42.1 Å². The van der Waals surface area contributed by atoms with Crippen molar-refractivity contribution in [1.29, 1.82) is 0 Å². The molecule has 1 aliphatic rings. The predicted octanol–water partition coefficient (Wildman–Crippen LogP) is 2.52. The average Bonchev–Trinajstić information content (AvgIpc) is 2.46. The first-order valence-electron chi connectivity index (χ1n) is 8.19. The summed E-state index contributed by atoms with van der Waals surface area (Å²) >= 11 is 0. The number of aliphatic imine (C=N–C) groups is 1. The number of nitrogens with zero attached hydrogens (tertiary/aromatic N) is 2. The molecule has 150 valence electrons. The molecule has 6 nitrogen and oxygen atoms in total.